The minimum atomic E-state index is -1.11. The first-order chi connectivity index (χ1) is 14.2. The van der Waals surface area contributed by atoms with Gasteiger partial charge in [0.05, 0.1) is 10.0 Å². The zero-order valence-corrected chi connectivity index (χ0v) is 25.7. The SMILES string of the molecule is O=C([O-])Cc1cc2c(Cl)c(Br)ccc2[nH]1.O=C([O-])Cc1cc2c(Cl)c(Br)ccc2[nH]1.[Na+].[Na+]. The van der Waals surface area contributed by atoms with Crippen molar-refractivity contribution in [1.82, 2.24) is 9.97 Å². The number of nitrogens with one attached hydrogen (secondary N) is 2. The molecule has 0 saturated carbocycles. The van der Waals surface area contributed by atoms with Crippen molar-refractivity contribution in [3.8, 4) is 0 Å². The van der Waals surface area contributed by atoms with Gasteiger partial charge in [-0.05, 0) is 68.3 Å². The number of H-pyrrole nitrogens is 2. The summed E-state index contributed by atoms with van der Waals surface area (Å²) in [5, 5.41) is 23.6. The summed E-state index contributed by atoms with van der Waals surface area (Å²) in [4.78, 5) is 26.8. The minimum absolute atomic E-state index is 0. The molecule has 0 bridgehead atoms. The van der Waals surface area contributed by atoms with Crippen LogP contribution >= 0.6 is 55.1 Å². The molecule has 2 heterocycles. The molecule has 0 aliphatic rings. The Bertz CT molecular complexity index is 1180. The molecule has 2 aromatic carbocycles. The second kappa shape index (κ2) is 13.2. The van der Waals surface area contributed by atoms with Gasteiger partial charge in [0.25, 0.3) is 0 Å². The van der Waals surface area contributed by atoms with Crippen LogP contribution in [0.4, 0.5) is 0 Å². The second-order valence-corrected chi connectivity index (χ2v) is 8.80. The van der Waals surface area contributed by atoms with Crippen molar-refractivity contribution >= 4 is 88.8 Å². The summed E-state index contributed by atoms with van der Waals surface area (Å²) >= 11 is 18.7. The van der Waals surface area contributed by atoms with Gasteiger partial charge in [-0.15, -0.1) is 0 Å². The predicted octanol–water partition coefficient (Wildman–Crippen LogP) is -2.24. The molecule has 0 unspecified atom stereocenters. The Morgan fingerprint density at radius 3 is 1.41 bits per heavy atom. The number of fused-ring (bicyclic) bond motifs is 2. The number of hydrogen-bond donors (Lipinski definition) is 2. The van der Waals surface area contributed by atoms with E-state index in [-0.39, 0.29) is 72.0 Å². The molecule has 6 nitrogen and oxygen atoms in total. The van der Waals surface area contributed by atoms with Gasteiger partial charge in [-0.3, -0.25) is 0 Å². The van der Waals surface area contributed by atoms with Gasteiger partial charge in [0.15, 0.2) is 0 Å². The molecule has 0 aliphatic carbocycles. The number of rotatable bonds is 4. The van der Waals surface area contributed by atoms with Gasteiger partial charge in [-0.1, -0.05) is 23.2 Å². The summed E-state index contributed by atoms with van der Waals surface area (Å²) in [6, 6.07) is 10.7. The molecule has 0 radical (unpaired) electrons. The maximum Gasteiger partial charge on any atom is 1.00 e. The van der Waals surface area contributed by atoms with Crippen LogP contribution in [-0.2, 0) is 22.4 Å². The number of halogens is 4. The molecule has 0 amide bonds. The molecular weight excluding hydrogens is 609 g/mol. The first kappa shape index (κ1) is 30.0. The van der Waals surface area contributed by atoms with E-state index >= 15 is 0 Å². The first-order valence-corrected chi connectivity index (χ1v) is 10.8. The Labute approximate surface area is 254 Å². The van der Waals surface area contributed by atoms with E-state index in [2.05, 4.69) is 41.8 Å². The van der Waals surface area contributed by atoms with Crippen LogP contribution in [0.2, 0.25) is 10.0 Å². The third kappa shape index (κ3) is 7.50. The number of carbonyl (C=O) groups excluding carboxylic acids is 2. The van der Waals surface area contributed by atoms with Gasteiger partial charge >= 0.3 is 59.1 Å². The number of carbonyl (C=O) groups is 2. The summed E-state index contributed by atoms with van der Waals surface area (Å²) in [5.41, 5.74) is 2.81. The zero-order chi connectivity index (χ0) is 22.0. The fourth-order valence-corrected chi connectivity index (χ4v) is 4.03. The Morgan fingerprint density at radius 2 is 1.09 bits per heavy atom. The van der Waals surface area contributed by atoms with Gasteiger partial charge in [-0.25, -0.2) is 0 Å². The topological polar surface area (TPSA) is 112 Å². The molecule has 2 N–H and O–H groups in total. The Hall–Kier alpha value is 0.000000000000000666. The summed E-state index contributed by atoms with van der Waals surface area (Å²) in [6.45, 7) is 0. The molecule has 0 atom stereocenters. The Kier molecular flexibility index (Phi) is 12.4. The minimum Gasteiger partial charge on any atom is -0.550 e. The van der Waals surface area contributed by atoms with Crippen LogP contribution in [0.5, 0.6) is 0 Å². The van der Waals surface area contributed by atoms with Crippen LogP contribution in [0.1, 0.15) is 11.4 Å². The van der Waals surface area contributed by atoms with Gasteiger partial charge < -0.3 is 29.8 Å². The molecular formula is C20H12Br2Cl2N2Na2O4. The van der Waals surface area contributed by atoms with E-state index in [1.54, 1.807) is 12.1 Å². The van der Waals surface area contributed by atoms with Gasteiger partial charge in [0, 0.05) is 66.9 Å². The van der Waals surface area contributed by atoms with Gasteiger partial charge in [0.2, 0.25) is 0 Å². The fourth-order valence-electron chi connectivity index (χ4n) is 2.90. The van der Waals surface area contributed by atoms with Crippen LogP contribution in [-0.4, -0.2) is 21.9 Å². The molecule has 0 spiro atoms. The average Bonchev–Trinajstić information content (AvgIpc) is 3.25. The number of aromatic amines is 2. The van der Waals surface area contributed by atoms with Crippen molar-refractivity contribution in [2.24, 2.45) is 0 Å². The van der Waals surface area contributed by atoms with E-state index < -0.39 is 11.9 Å². The first-order valence-electron chi connectivity index (χ1n) is 8.46. The number of aliphatic carboxylic acids is 2. The normalized spacial score (nSPS) is 10.1. The van der Waals surface area contributed by atoms with E-state index in [1.807, 2.05) is 24.3 Å². The molecule has 0 aliphatic heterocycles. The summed E-state index contributed by atoms with van der Waals surface area (Å²) in [5.74, 6) is -2.23. The summed E-state index contributed by atoms with van der Waals surface area (Å²) in [6.07, 6.45) is -0.273. The van der Waals surface area contributed by atoms with E-state index in [0.717, 1.165) is 30.8 Å². The molecule has 2 aromatic heterocycles. The van der Waals surface area contributed by atoms with Gasteiger partial charge in [-0.2, -0.15) is 0 Å². The fraction of sp³-hybridized carbons (Fsp3) is 0.100. The van der Waals surface area contributed by atoms with Crippen LogP contribution in [0.15, 0.2) is 45.3 Å². The third-order valence-corrected chi connectivity index (χ3v) is 6.76. The molecule has 0 saturated heterocycles. The van der Waals surface area contributed by atoms with Gasteiger partial charge in [0.1, 0.15) is 0 Å². The molecule has 4 rings (SSSR count). The third-order valence-electron chi connectivity index (χ3n) is 4.16. The van der Waals surface area contributed by atoms with E-state index in [0.29, 0.717) is 21.4 Å². The van der Waals surface area contributed by atoms with E-state index in [9.17, 15) is 19.8 Å². The smallest absolute Gasteiger partial charge is 0.550 e. The zero-order valence-electron chi connectivity index (χ0n) is 17.0. The van der Waals surface area contributed by atoms with Crippen LogP contribution in [0.3, 0.4) is 0 Å². The number of carboxylic acids is 2. The number of hydrogen-bond acceptors (Lipinski definition) is 4. The monoisotopic (exact) mass is 618 g/mol. The number of benzene rings is 2. The number of carboxylic acid groups (broad SMARTS) is 2. The van der Waals surface area contributed by atoms with Crippen molar-refractivity contribution in [3.63, 3.8) is 0 Å². The standard InChI is InChI=1S/2C10H7BrClNO2.2Na/c2*11-7-1-2-8-6(10(7)12)3-5(13-8)4-9(14)15;;/h2*1-3,13H,4H2,(H,14,15);;/q;;2*+1/p-2. The molecule has 32 heavy (non-hydrogen) atoms. The largest absolute Gasteiger partial charge is 1.00 e. The molecule has 0 fully saturated rings. The van der Waals surface area contributed by atoms with Crippen molar-refractivity contribution in [1.29, 1.82) is 0 Å². The van der Waals surface area contributed by atoms with E-state index in [4.69, 9.17) is 23.2 Å². The average molecular weight is 621 g/mol. The number of aromatic nitrogens is 2. The van der Waals surface area contributed by atoms with Crippen LogP contribution in [0.25, 0.3) is 21.8 Å². The molecule has 156 valence electrons. The predicted molar refractivity (Wildman–Crippen MR) is 119 cm³/mol. The molecule has 12 heteroatoms. The Balaban J connectivity index is 0.000000301. The van der Waals surface area contributed by atoms with Crippen LogP contribution in [0, 0.1) is 0 Å². The van der Waals surface area contributed by atoms with Crippen molar-refractivity contribution < 1.29 is 78.9 Å². The molecule has 4 aromatic rings. The Morgan fingerprint density at radius 1 is 0.750 bits per heavy atom. The second-order valence-electron chi connectivity index (χ2n) is 6.33. The van der Waals surface area contributed by atoms with Crippen molar-refractivity contribution in [2.75, 3.05) is 0 Å². The quantitative estimate of drug-likeness (QED) is 0.252. The van der Waals surface area contributed by atoms with Crippen molar-refractivity contribution in [3.05, 3.63) is 66.8 Å². The van der Waals surface area contributed by atoms with Crippen molar-refractivity contribution in [2.45, 2.75) is 12.8 Å². The summed E-state index contributed by atoms with van der Waals surface area (Å²) in [7, 11) is 0. The summed E-state index contributed by atoms with van der Waals surface area (Å²) < 4.78 is 1.58. The van der Waals surface area contributed by atoms with Crippen LogP contribution < -0.4 is 69.3 Å². The maximum atomic E-state index is 10.4. The maximum absolute atomic E-state index is 10.4. The van der Waals surface area contributed by atoms with E-state index in [1.165, 1.54) is 0 Å².